The molecule has 0 saturated carbocycles. The normalized spacial score (nSPS) is 11.3. The van der Waals surface area contributed by atoms with Crippen molar-refractivity contribution in [2.45, 2.75) is 40.2 Å². The van der Waals surface area contributed by atoms with Crippen LogP contribution < -0.4 is 0 Å². The molecule has 30 heavy (non-hydrogen) atoms. The second kappa shape index (κ2) is 9.23. The highest BCUT2D eigenvalue weighted by atomic mass is 35.5. The molecule has 0 aliphatic heterocycles. The molecule has 0 amide bonds. The van der Waals surface area contributed by atoms with Crippen molar-refractivity contribution in [3.05, 3.63) is 68.8 Å². The monoisotopic (exact) mass is 445 g/mol. The van der Waals surface area contributed by atoms with Gasteiger partial charge in [-0.05, 0) is 36.2 Å². The van der Waals surface area contributed by atoms with Crippen LogP contribution in [0.2, 0.25) is 10.0 Å². The zero-order chi connectivity index (χ0) is 22.0. The Morgan fingerprint density at radius 2 is 1.83 bits per heavy atom. The molecule has 6 heteroatoms. The minimum absolute atomic E-state index is 0.0928. The third-order valence-corrected chi connectivity index (χ3v) is 5.78. The summed E-state index contributed by atoms with van der Waals surface area (Å²) >= 11 is 12.5. The van der Waals surface area contributed by atoms with Crippen molar-refractivity contribution in [2.24, 2.45) is 5.92 Å². The molecule has 0 fully saturated rings. The van der Waals surface area contributed by atoms with Crippen LogP contribution in [0.1, 0.15) is 59.2 Å². The summed E-state index contributed by atoms with van der Waals surface area (Å²) in [5.74, 6) is -0.461. The van der Waals surface area contributed by atoms with Crippen molar-refractivity contribution < 1.29 is 14.3 Å². The molecular weight excluding hydrogens is 421 g/mol. The van der Waals surface area contributed by atoms with Crippen molar-refractivity contribution in [3.8, 4) is 0 Å². The Hall–Kier alpha value is -2.30. The first-order valence-electron chi connectivity index (χ1n) is 10.00. The predicted molar refractivity (Wildman–Crippen MR) is 122 cm³/mol. The molecule has 3 rings (SSSR count). The van der Waals surface area contributed by atoms with Gasteiger partial charge in [-0.1, -0.05) is 62.5 Å². The lowest BCUT2D eigenvalue weighted by Crippen LogP contribution is -2.12. The molecule has 0 saturated heterocycles. The predicted octanol–water partition coefficient (Wildman–Crippen LogP) is 6.57. The van der Waals surface area contributed by atoms with E-state index in [1.807, 2.05) is 26.0 Å². The Labute approximate surface area is 186 Å². The van der Waals surface area contributed by atoms with Crippen molar-refractivity contribution in [1.29, 1.82) is 0 Å². The summed E-state index contributed by atoms with van der Waals surface area (Å²) in [6, 6.07) is 10.7. The fourth-order valence-electron chi connectivity index (χ4n) is 3.71. The van der Waals surface area contributed by atoms with Crippen LogP contribution in [-0.2, 0) is 17.7 Å². The second-order valence-electron chi connectivity index (χ2n) is 7.64. The number of halogens is 2. The molecule has 0 atom stereocenters. The van der Waals surface area contributed by atoms with E-state index in [9.17, 15) is 9.59 Å². The quantitative estimate of drug-likeness (QED) is 0.305. The van der Waals surface area contributed by atoms with E-state index in [0.29, 0.717) is 22.2 Å². The first kappa shape index (κ1) is 22.4. The summed E-state index contributed by atoms with van der Waals surface area (Å²) in [5.41, 5.74) is 3.83. The molecule has 1 aromatic heterocycles. The third kappa shape index (κ3) is 4.26. The van der Waals surface area contributed by atoms with E-state index in [-0.39, 0.29) is 11.7 Å². The van der Waals surface area contributed by atoms with Gasteiger partial charge in [-0.25, -0.2) is 4.79 Å². The first-order chi connectivity index (χ1) is 14.3. The van der Waals surface area contributed by atoms with Crippen LogP contribution in [-0.4, -0.2) is 23.4 Å². The topological polar surface area (TPSA) is 48.3 Å². The zero-order valence-electron chi connectivity index (χ0n) is 17.6. The Bertz CT molecular complexity index is 1120. The Kier molecular flexibility index (Phi) is 6.89. The number of esters is 1. The van der Waals surface area contributed by atoms with Crippen LogP contribution in [0.15, 0.2) is 36.4 Å². The first-order valence-corrected chi connectivity index (χ1v) is 10.8. The van der Waals surface area contributed by atoms with Gasteiger partial charge in [0.1, 0.15) is 0 Å². The van der Waals surface area contributed by atoms with Crippen molar-refractivity contribution in [2.75, 3.05) is 7.11 Å². The maximum atomic E-state index is 13.2. The van der Waals surface area contributed by atoms with Crippen LogP contribution in [0.3, 0.4) is 0 Å². The number of nitrogens with zero attached hydrogens (tertiary/aromatic N) is 1. The largest absolute Gasteiger partial charge is 0.465 e. The number of rotatable bonds is 7. The molecule has 2 aromatic carbocycles. The van der Waals surface area contributed by atoms with Gasteiger partial charge in [0.15, 0.2) is 5.78 Å². The number of aromatic nitrogens is 1. The molecule has 0 aliphatic rings. The number of Topliss-reactive ketones (excluding diaryl/α,β-unsaturated/α-hetero) is 1. The van der Waals surface area contributed by atoms with E-state index in [4.69, 9.17) is 27.9 Å². The molecule has 0 radical (unpaired) electrons. The van der Waals surface area contributed by atoms with Gasteiger partial charge in [-0.3, -0.25) is 4.79 Å². The maximum Gasteiger partial charge on any atom is 0.337 e. The number of carbonyl (C=O) groups excluding carboxylic acids is 2. The molecule has 3 aromatic rings. The number of hydrogen-bond acceptors (Lipinski definition) is 3. The summed E-state index contributed by atoms with van der Waals surface area (Å²) in [6.45, 7) is 6.36. The Morgan fingerprint density at radius 3 is 2.43 bits per heavy atom. The van der Waals surface area contributed by atoms with E-state index in [2.05, 4.69) is 11.5 Å². The molecule has 0 N–H and O–H groups in total. The minimum Gasteiger partial charge on any atom is -0.465 e. The summed E-state index contributed by atoms with van der Waals surface area (Å²) < 4.78 is 6.99. The number of ether oxygens (including phenoxy) is 1. The number of hydrogen-bond donors (Lipinski definition) is 0. The van der Waals surface area contributed by atoms with Crippen LogP contribution in [0.25, 0.3) is 10.9 Å². The Balaban J connectivity index is 2.31. The number of ketones is 1. The van der Waals surface area contributed by atoms with Gasteiger partial charge in [0.2, 0.25) is 0 Å². The lowest BCUT2D eigenvalue weighted by Gasteiger charge is -2.14. The van der Waals surface area contributed by atoms with Crippen molar-refractivity contribution in [3.63, 3.8) is 0 Å². The molecule has 0 spiro atoms. The van der Waals surface area contributed by atoms with Crippen LogP contribution in [0.5, 0.6) is 0 Å². The highest BCUT2D eigenvalue weighted by Crippen LogP contribution is 2.33. The smallest absolute Gasteiger partial charge is 0.337 e. The van der Waals surface area contributed by atoms with E-state index in [0.717, 1.165) is 40.6 Å². The van der Waals surface area contributed by atoms with Gasteiger partial charge < -0.3 is 9.30 Å². The van der Waals surface area contributed by atoms with Gasteiger partial charge in [-0.15, -0.1) is 0 Å². The van der Waals surface area contributed by atoms with Gasteiger partial charge >= 0.3 is 5.97 Å². The standard InChI is InChI=1S/C24H25Cl2NO3/c1-5-6-20-22(23(28)14(2)3)18-10-8-15(24(29)30-4)11-21(18)27(20)13-16-7-9-17(25)12-19(16)26/h7-12,14H,5-6,13H2,1-4H3. The van der Waals surface area contributed by atoms with Crippen molar-refractivity contribution >= 4 is 45.9 Å². The molecule has 1 heterocycles. The molecule has 0 unspecified atom stereocenters. The molecule has 0 aliphatic carbocycles. The lowest BCUT2D eigenvalue weighted by atomic mass is 9.96. The van der Waals surface area contributed by atoms with E-state index in [1.165, 1.54) is 7.11 Å². The second-order valence-corrected chi connectivity index (χ2v) is 8.48. The minimum atomic E-state index is -0.414. The van der Waals surface area contributed by atoms with E-state index >= 15 is 0 Å². The average Bonchev–Trinajstić information content (AvgIpc) is 3.01. The molecule has 0 bridgehead atoms. The van der Waals surface area contributed by atoms with Crippen LogP contribution in [0.4, 0.5) is 0 Å². The number of benzene rings is 2. The fourth-order valence-corrected chi connectivity index (χ4v) is 4.18. The van der Waals surface area contributed by atoms with Crippen molar-refractivity contribution in [1.82, 2.24) is 4.57 Å². The third-order valence-electron chi connectivity index (χ3n) is 5.19. The van der Waals surface area contributed by atoms with Crippen LogP contribution >= 0.6 is 23.2 Å². The Morgan fingerprint density at radius 1 is 1.10 bits per heavy atom. The fraction of sp³-hybridized carbons (Fsp3) is 0.333. The molecular formula is C24H25Cl2NO3. The van der Waals surface area contributed by atoms with E-state index < -0.39 is 5.97 Å². The molecule has 4 nitrogen and oxygen atoms in total. The highest BCUT2D eigenvalue weighted by Gasteiger charge is 2.25. The lowest BCUT2D eigenvalue weighted by molar-refractivity contribution is 0.0600. The number of carbonyl (C=O) groups is 2. The number of methoxy groups -OCH3 is 1. The number of fused-ring (bicyclic) bond motifs is 1. The SMILES string of the molecule is CCCc1c(C(=O)C(C)C)c2ccc(C(=O)OC)cc2n1Cc1ccc(Cl)cc1Cl. The summed E-state index contributed by atoms with van der Waals surface area (Å²) in [5, 5.41) is 1.97. The summed E-state index contributed by atoms with van der Waals surface area (Å²) in [7, 11) is 1.36. The van der Waals surface area contributed by atoms with Crippen LogP contribution in [0, 0.1) is 5.92 Å². The maximum absolute atomic E-state index is 13.2. The highest BCUT2D eigenvalue weighted by molar-refractivity contribution is 6.35. The molecule has 158 valence electrons. The van der Waals surface area contributed by atoms with Gasteiger partial charge in [0.05, 0.1) is 18.2 Å². The van der Waals surface area contributed by atoms with Gasteiger partial charge in [0, 0.05) is 39.2 Å². The van der Waals surface area contributed by atoms with Gasteiger partial charge in [-0.2, -0.15) is 0 Å². The van der Waals surface area contributed by atoms with E-state index in [1.54, 1.807) is 24.3 Å². The van der Waals surface area contributed by atoms with Gasteiger partial charge in [0.25, 0.3) is 0 Å². The summed E-state index contributed by atoms with van der Waals surface area (Å²) in [4.78, 5) is 25.3. The average molecular weight is 446 g/mol. The summed E-state index contributed by atoms with van der Waals surface area (Å²) in [6.07, 6.45) is 1.62. The zero-order valence-corrected chi connectivity index (χ0v) is 19.1.